The van der Waals surface area contributed by atoms with Crippen molar-refractivity contribution < 1.29 is 14.1 Å². The largest absolute Gasteiger partial charge is 0.496 e. The number of methoxy groups -OCH3 is 1. The van der Waals surface area contributed by atoms with Crippen LogP contribution < -0.4 is 4.74 Å². The van der Waals surface area contributed by atoms with Crippen molar-refractivity contribution in [3.63, 3.8) is 0 Å². The van der Waals surface area contributed by atoms with Crippen LogP contribution in [0.2, 0.25) is 0 Å². The van der Waals surface area contributed by atoms with E-state index in [9.17, 15) is 4.79 Å². The first-order valence-electron chi connectivity index (χ1n) is 9.83. The fraction of sp³-hybridized carbons (Fsp3) is 0.318. The van der Waals surface area contributed by atoms with E-state index in [0.29, 0.717) is 31.3 Å². The van der Waals surface area contributed by atoms with E-state index in [-0.39, 0.29) is 5.91 Å². The quantitative estimate of drug-likeness (QED) is 0.564. The number of amides is 1. The molecule has 0 saturated carbocycles. The van der Waals surface area contributed by atoms with Crippen molar-refractivity contribution in [2.75, 3.05) is 33.3 Å². The van der Waals surface area contributed by atoms with Crippen LogP contribution in [0, 0.1) is 6.92 Å². The van der Waals surface area contributed by atoms with E-state index in [1.807, 2.05) is 53.6 Å². The van der Waals surface area contributed by atoms with Crippen molar-refractivity contribution >= 4 is 23.3 Å². The van der Waals surface area contributed by atoms with Crippen molar-refractivity contribution in [1.29, 1.82) is 0 Å². The van der Waals surface area contributed by atoms with E-state index in [1.54, 1.807) is 24.5 Å². The lowest BCUT2D eigenvalue weighted by Crippen LogP contribution is -2.47. The minimum Gasteiger partial charge on any atom is -0.496 e. The van der Waals surface area contributed by atoms with Gasteiger partial charge in [-0.25, -0.2) is 0 Å². The summed E-state index contributed by atoms with van der Waals surface area (Å²) in [6.07, 6.45) is 3.45. The van der Waals surface area contributed by atoms with Gasteiger partial charge in [0.25, 0.3) is 0 Å². The summed E-state index contributed by atoms with van der Waals surface area (Å²) in [5.41, 5.74) is 2.03. The minimum atomic E-state index is 0.0102. The summed E-state index contributed by atoms with van der Waals surface area (Å²) in [6.45, 7) is 5.48. The third-order valence-electron chi connectivity index (χ3n) is 5.04. The zero-order valence-corrected chi connectivity index (χ0v) is 17.9. The summed E-state index contributed by atoms with van der Waals surface area (Å²) in [4.78, 5) is 22.2. The Hall–Kier alpha value is -2.97. The molecule has 7 nitrogen and oxygen atoms in total. The fourth-order valence-electron chi connectivity index (χ4n) is 3.39. The van der Waals surface area contributed by atoms with E-state index in [2.05, 4.69) is 15.0 Å². The lowest BCUT2D eigenvalue weighted by atomic mass is 10.1. The number of thiophene rings is 1. The molecule has 1 aliphatic rings. The molecule has 0 unspecified atom stereocenters. The molecule has 0 radical (unpaired) electrons. The van der Waals surface area contributed by atoms with Gasteiger partial charge < -0.3 is 14.2 Å². The number of aryl methyl sites for hydroxylation is 1. The summed E-state index contributed by atoms with van der Waals surface area (Å²) >= 11 is 1.59. The lowest BCUT2D eigenvalue weighted by molar-refractivity contribution is -0.127. The number of rotatable bonds is 6. The highest BCUT2D eigenvalue weighted by Crippen LogP contribution is 2.22. The topological polar surface area (TPSA) is 71.7 Å². The van der Waals surface area contributed by atoms with Crippen molar-refractivity contribution in [3.05, 3.63) is 58.8 Å². The molecule has 30 heavy (non-hydrogen) atoms. The second-order valence-electron chi connectivity index (χ2n) is 7.17. The molecule has 3 aromatic rings. The maximum absolute atomic E-state index is 12.6. The summed E-state index contributed by atoms with van der Waals surface area (Å²) < 4.78 is 10.8. The highest BCUT2D eigenvalue weighted by Gasteiger charge is 2.21. The van der Waals surface area contributed by atoms with Crippen LogP contribution in [0.25, 0.3) is 16.8 Å². The van der Waals surface area contributed by atoms with Gasteiger partial charge in [0.1, 0.15) is 5.75 Å². The molecule has 0 spiro atoms. The van der Waals surface area contributed by atoms with Crippen molar-refractivity contribution in [2.45, 2.75) is 13.5 Å². The minimum absolute atomic E-state index is 0.0102. The van der Waals surface area contributed by atoms with Crippen LogP contribution >= 0.6 is 11.3 Å². The monoisotopic (exact) mass is 424 g/mol. The normalized spacial score (nSPS) is 15.1. The molecule has 1 amide bonds. The average Bonchev–Trinajstić information content (AvgIpc) is 3.45. The second-order valence-corrected chi connectivity index (χ2v) is 8.12. The first-order chi connectivity index (χ1) is 14.6. The highest BCUT2D eigenvalue weighted by atomic mass is 32.1. The fourth-order valence-corrected chi connectivity index (χ4v) is 4.04. The van der Waals surface area contributed by atoms with Gasteiger partial charge in [-0.1, -0.05) is 22.9 Å². The van der Waals surface area contributed by atoms with E-state index in [0.717, 1.165) is 34.8 Å². The number of aromatic nitrogens is 2. The van der Waals surface area contributed by atoms with Crippen LogP contribution in [0.3, 0.4) is 0 Å². The molecule has 1 aromatic carbocycles. The van der Waals surface area contributed by atoms with Crippen LogP contribution in [0.1, 0.15) is 17.0 Å². The summed E-state index contributed by atoms with van der Waals surface area (Å²) in [7, 11) is 1.63. The van der Waals surface area contributed by atoms with Crippen LogP contribution in [0.5, 0.6) is 5.75 Å². The van der Waals surface area contributed by atoms with Crippen LogP contribution in [-0.4, -0.2) is 59.1 Å². The number of piperazine rings is 1. The Morgan fingerprint density at radius 2 is 2.10 bits per heavy atom. The van der Waals surface area contributed by atoms with E-state index in [4.69, 9.17) is 9.26 Å². The van der Waals surface area contributed by atoms with E-state index >= 15 is 0 Å². The van der Waals surface area contributed by atoms with Crippen LogP contribution in [0.4, 0.5) is 0 Å². The maximum Gasteiger partial charge on any atom is 0.246 e. The molecule has 2 aromatic heterocycles. The first kappa shape index (κ1) is 20.3. The zero-order chi connectivity index (χ0) is 20.9. The van der Waals surface area contributed by atoms with Gasteiger partial charge in [-0.2, -0.15) is 4.98 Å². The summed E-state index contributed by atoms with van der Waals surface area (Å²) in [5, 5.41) is 6.05. The van der Waals surface area contributed by atoms with Crippen molar-refractivity contribution in [3.8, 4) is 16.5 Å². The SMILES string of the molecule is COc1ccc(C)cc1/C=C/C(=O)N1CCN(Cc2nc(-c3cccs3)no2)CC1. The summed E-state index contributed by atoms with van der Waals surface area (Å²) in [5.74, 6) is 2.00. The number of hydrogen-bond acceptors (Lipinski definition) is 7. The first-order valence-corrected chi connectivity index (χ1v) is 10.7. The predicted octanol–water partition coefficient (Wildman–Crippen LogP) is 3.47. The van der Waals surface area contributed by atoms with Gasteiger partial charge in [0.15, 0.2) is 0 Å². The molecular weight excluding hydrogens is 400 g/mol. The Morgan fingerprint density at radius 1 is 1.27 bits per heavy atom. The Labute approximate surface area is 179 Å². The van der Waals surface area contributed by atoms with Crippen LogP contribution in [0.15, 0.2) is 46.3 Å². The van der Waals surface area contributed by atoms with E-state index in [1.165, 1.54) is 0 Å². The van der Waals surface area contributed by atoms with Gasteiger partial charge in [-0.15, -0.1) is 11.3 Å². The van der Waals surface area contributed by atoms with Crippen molar-refractivity contribution in [1.82, 2.24) is 19.9 Å². The molecule has 3 heterocycles. The van der Waals surface area contributed by atoms with Gasteiger partial charge in [-0.05, 0) is 36.6 Å². The third kappa shape index (κ3) is 4.77. The zero-order valence-electron chi connectivity index (χ0n) is 17.1. The number of benzene rings is 1. The number of ether oxygens (including phenoxy) is 1. The molecule has 1 fully saturated rings. The predicted molar refractivity (Wildman–Crippen MR) is 116 cm³/mol. The maximum atomic E-state index is 12.6. The smallest absolute Gasteiger partial charge is 0.246 e. The molecule has 1 aliphatic heterocycles. The molecule has 1 saturated heterocycles. The number of nitrogens with zero attached hydrogens (tertiary/aromatic N) is 4. The molecule has 0 aliphatic carbocycles. The van der Waals surface area contributed by atoms with Gasteiger partial charge >= 0.3 is 0 Å². The lowest BCUT2D eigenvalue weighted by Gasteiger charge is -2.33. The van der Waals surface area contributed by atoms with Gasteiger partial charge in [0.2, 0.25) is 17.6 Å². The average molecular weight is 425 g/mol. The number of hydrogen-bond donors (Lipinski definition) is 0. The highest BCUT2D eigenvalue weighted by molar-refractivity contribution is 7.13. The molecule has 8 heteroatoms. The summed E-state index contributed by atoms with van der Waals surface area (Å²) in [6, 6.07) is 9.86. The molecule has 156 valence electrons. The van der Waals surface area contributed by atoms with Crippen LogP contribution in [-0.2, 0) is 11.3 Å². The molecule has 4 rings (SSSR count). The standard InChI is InChI=1S/C22H24N4O3S/c1-16-5-7-18(28-2)17(14-16)6-8-21(27)26-11-9-25(10-12-26)15-20-23-22(24-29-20)19-4-3-13-30-19/h3-8,13-14H,9-12,15H2,1-2H3/b8-6+. The Kier molecular flexibility index (Phi) is 6.25. The second kappa shape index (κ2) is 9.23. The van der Waals surface area contributed by atoms with Crippen molar-refractivity contribution in [2.24, 2.45) is 0 Å². The molecular formula is C22H24N4O3S. The van der Waals surface area contributed by atoms with E-state index < -0.39 is 0 Å². The van der Waals surface area contributed by atoms with Gasteiger partial charge in [0, 0.05) is 37.8 Å². The number of carbonyl (C=O) groups excluding carboxylic acids is 1. The Morgan fingerprint density at radius 3 is 2.83 bits per heavy atom. The molecule has 0 bridgehead atoms. The Balaban J connectivity index is 1.30. The Bertz CT molecular complexity index is 1020. The van der Waals surface area contributed by atoms with Gasteiger partial charge in [-0.3, -0.25) is 9.69 Å². The molecule has 0 N–H and O–H groups in total. The number of carbonyl (C=O) groups is 1. The van der Waals surface area contributed by atoms with Gasteiger partial charge in [0.05, 0.1) is 18.5 Å². The molecule has 0 atom stereocenters. The third-order valence-corrected chi connectivity index (χ3v) is 5.91.